The molecule has 0 aliphatic rings. The van der Waals surface area contributed by atoms with Crippen LogP contribution in [0.1, 0.15) is 27.6 Å². The molecule has 22 heavy (non-hydrogen) atoms. The average molecular weight is 305 g/mol. The summed E-state index contributed by atoms with van der Waals surface area (Å²) in [5.74, 6) is -1.98. The second-order valence-electron chi connectivity index (χ2n) is 4.16. The number of amides is 1. The number of hydrogen-bond donors (Lipinski definition) is 2. The minimum absolute atomic E-state index is 0.126. The monoisotopic (exact) mass is 305 g/mol. The van der Waals surface area contributed by atoms with Gasteiger partial charge < -0.3 is 4.74 Å². The minimum atomic E-state index is -0.798. The second-order valence-corrected chi connectivity index (χ2v) is 4.16. The SMILES string of the molecule is CCOC(=O)c1cnc(NC(=O)c2ccc(F)cc2)[nH]c1=O. The summed E-state index contributed by atoms with van der Waals surface area (Å²) >= 11 is 0. The topological polar surface area (TPSA) is 101 Å². The summed E-state index contributed by atoms with van der Waals surface area (Å²) in [5.41, 5.74) is -0.803. The van der Waals surface area contributed by atoms with E-state index in [9.17, 15) is 18.8 Å². The van der Waals surface area contributed by atoms with Gasteiger partial charge in [0.1, 0.15) is 11.4 Å². The van der Waals surface area contributed by atoms with E-state index in [0.29, 0.717) is 0 Å². The van der Waals surface area contributed by atoms with Crippen LogP contribution in [0.25, 0.3) is 0 Å². The number of nitrogens with one attached hydrogen (secondary N) is 2. The molecule has 0 aliphatic heterocycles. The fourth-order valence-corrected chi connectivity index (χ4v) is 1.59. The number of esters is 1. The first-order chi connectivity index (χ1) is 10.5. The van der Waals surface area contributed by atoms with Gasteiger partial charge >= 0.3 is 5.97 Å². The lowest BCUT2D eigenvalue weighted by Gasteiger charge is -2.05. The zero-order valence-electron chi connectivity index (χ0n) is 11.6. The highest BCUT2D eigenvalue weighted by Crippen LogP contribution is 2.05. The fourth-order valence-electron chi connectivity index (χ4n) is 1.59. The van der Waals surface area contributed by atoms with Gasteiger partial charge in [-0.3, -0.25) is 19.9 Å². The smallest absolute Gasteiger partial charge is 0.345 e. The summed E-state index contributed by atoms with van der Waals surface area (Å²) in [6.45, 7) is 1.73. The molecular weight excluding hydrogens is 293 g/mol. The minimum Gasteiger partial charge on any atom is -0.462 e. The predicted molar refractivity (Wildman–Crippen MR) is 75.2 cm³/mol. The number of ether oxygens (including phenoxy) is 1. The van der Waals surface area contributed by atoms with Gasteiger partial charge in [0.15, 0.2) is 0 Å². The maximum absolute atomic E-state index is 12.8. The first-order valence-electron chi connectivity index (χ1n) is 6.34. The third kappa shape index (κ3) is 3.54. The second kappa shape index (κ2) is 6.61. The highest BCUT2D eigenvalue weighted by atomic mass is 19.1. The van der Waals surface area contributed by atoms with Crippen molar-refractivity contribution in [2.75, 3.05) is 11.9 Å². The van der Waals surface area contributed by atoms with Crippen LogP contribution < -0.4 is 10.9 Å². The van der Waals surface area contributed by atoms with Crippen LogP contribution >= 0.6 is 0 Å². The zero-order valence-corrected chi connectivity index (χ0v) is 11.6. The number of aromatic amines is 1. The molecule has 7 nitrogen and oxygen atoms in total. The van der Waals surface area contributed by atoms with Crippen molar-refractivity contribution >= 4 is 17.8 Å². The van der Waals surface area contributed by atoms with E-state index in [-0.39, 0.29) is 23.7 Å². The Balaban J connectivity index is 2.15. The summed E-state index contributed by atoms with van der Waals surface area (Å²) < 4.78 is 17.5. The van der Waals surface area contributed by atoms with Crippen LogP contribution in [0.4, 0.5) is 10.3 Å². The molecule has 2 rings (SSSR count). The Morgan fingerprint density at radius 2 is 2.00 bits per heavy atom. The maximum atomic E-state index is 12.8. The van der Waals surface area contributed by atoms with E-state index in [2.05, 4.69) is 20.0 Å². The van der Waals surface area contributed by atoms with Gasteiger partial charge in [-0.1, -0.05) is 0 Å². The molecule has 1 heterocycles. The number of carbonyl (C=O) groups excluding carboxylic acids is 2. The molecule has 0 fully saturated rings. The normalized spacial score (nSPS) is 10.1. The number of carbonyl (C=O) groups is 2. The number of hydrogen-bond acceptors (Lipinski definition) is 5. The molecule has 8 heteroatoms. The van der Waals surface area contributed by atoms with Crippen molar-refractivity contribution in [3.63, 3.8) is 0 Å². The van der Waals surface area contributed by atoms with Crippen molar-refractivity contribution in [1.29, 1.82) is 0 Å². The number of anilines is 1. The van der Waals surface area contributed by atoms with Crippen LogP contribution in [-0.4, -0.2) is 28.5 Å². The molecule has 0 aliphatic carbocycles. The van der Waals surface area contributed by atoms with Crippen molar-refractivity contribution in [1.82, 2.24) is 9.97 Å². The molecule has 1 aromatic heterocycles. The summed E-state index contributed by atoms with van der Waals surface area (Å²) in [6, 6.07) is 4.84. The van der Waals surface area contributed by atoms with Crippen LogP contribution in [0, 0.1) is 5.82 Å². The number of benzene rings is 1. The molecule has 0 atom stereocenters. The molecule has 0 unspecified atom stereocenters. The van der Waals surface area contributed by atoms with Gasteiger partial charge in [0, 0.05) is 5.56 Å². The summed E-state index contributed by atoms with van der Waals surface area (Å²) in [6.07, 6.45) is 1.01. The Kier molecular flexibility index (Phi) is 4.62. The van der Waals surface area contributed by atoms with E-state index >= 15 is 0 Å². The Morgan fingerprint density at radius 1 is 1.32 bits per heavy atom. The van der Waals surface area contributed by atoms with Gasteiger partial charge in [0.2, 0.25) is 5.95 Å². The third-order valence-corrected chi connectivity index (χ3v) is 2.63. The molecule has 0 spiro atoms. The van der Waals surface area contributed by atoms with Crippen molar-refractivity contribution in [2.45, 2.75) is 6.92 Å². The van der Waals surface area contributed by atoms with Crippen LogP contribution in [0.15, 0.2) is 35.3 Å². The Bertz CT molecular complexity index is 755. The third-order valence-electron chi connectivity index (χ3n) is 2.63. The number of H-pyrrole nitrogens is 1. The van der Waals surface area contributed by atoms with Gasteiger partial charge in [0.05, 0.1) is 12.8 Å². The first kappa shape index (κ1) is 15.4. The van der Waals surface area contributed by atoms with E-state index in [0.717, 1.165) is 18.3 Å². The summed E-state index contributed by atoms with van der Waals surface area (Å²) in [5, 5.41) is 2.34. The van der Waals surface area contributed by atoms with Crippen LogP contribution in [0.2, 0.25) is 0 Å². The van der Waals surface area contributed by atoms with Gasteiger partial charge in [-0.25, -0.2) is 14.2 Å². The van der Waals surface area contributed by atoms with E-state index in [1.165, 1.54) is 12.1 Å². The van der Waals surface area contributed by atoms with Crippen molar-refractivity contribution in [3.05, 3.63) is 57.8 Å². The van der Waals surface area contributed by atoms with Crippen molar-refractivity contribution < 1.29 is 18.7 Å². The average Bonchev–Trinajstić information content (AvgIpc) is 2.48. The van der Waals surface area contributed by atoms with Gasteiger partial charge in [0.25, 0.3) is 11.5 Å². The van der Waals surface area contributed by atoms with E-state index < -0.39 is 23.3 Å². The standard InChI is InChI=1S/C14H12FN3O4/c1-2-22-13(21)10-7-16-14(18-12(10)20)17-11(19)8-3-5-9(15)6-4-8/h3-7H,2H2,1H3,(H2,16,17,18,19,20). The van der Waals surface area contributed by atoms with E-state index in [4.69, 9.17) is 0 Å². The molecule has 1 aromatic carbocycles. The maximum Gasteiger partial charge on any atom is 0.345 e. The largest absolute Gasteiger partial charge is 0.462 e. The number of rotatable bonds is 4. The lowest BCUT2D eigenvalue weighted by Crippen LogP contribution is -2.23. The molecular formula is C14H12FN3O4. The van der Waals surface area contributed by atoms with E-state index in [1.807, 2.05) is 0 Å². The quantitative estimate of drug-likeness (QED) is 0.830. The van der Waals surface area contributed by atoms with Gasteiger partial charge in [-0.15, -0.1) is 0 Å². The Morgan fingerprint density at radius 3 is 2.59 bits per heavy atom. The predicted octanol–water partition coefficient (Wildman–Crippen LogP) is 1.34. The Hall–Kier alpha value is -3.03. The molecule has 0 radical (unpaired) electrons. The first-order valence-corrected chi connectivity index (χ1v) is 6.34. The summed E-state index contributed by atoms with van der Waals surface area (Å²) in [7, 11) is 0. The van der Waals surface area contributed by atoms with Gasteiger partial charge in [-0.05, 0) is 31.2 Å². The fraction of sp³-hybridized carbons (Fsp3) is 0.143. The van der Waals surface area contributed by atoms with Crippen LogP contribution in [0.3, 0.4) is 0 Å². The Labute approximate surface area is 124 Å². The highest BCUT2D eigenvalue weighted by molar-refractivity contribution is 6.03. The lowest BCUT2D eigenvalue weighted by molar-refractivity contribution is 0.0523. The lowest BCUT2D eigenvalue weighted by atomic mass is 10.2. The number of halogens is 1. The zero-order chi connectivity index (χ0) is 16.1. The van der Waals surface area contributed by atoms with Crippen LogP contribution in [0.5, 0.6) is 0 Å². The van der Waals surface area contributed by atoms with Crippen molar-refractivity contribution in [2.24, 2.45) is 0 Å². The molecule has 0 saturated heterocycles. The molecule has 2 N–H and O–H groups in total. The molecule has 0 bridgehead atoms. The molecule has 0 saturated carbocycles. The molecule has 114 valence electrons. The molecule has 1 amide bonds. The number of nitrogens with zero attached hydrogens (tertiary/aromatic N) is 1. The molecule has 2 aromatic rings. The van der Waals surface area contributed by atoms with Gasteiger partial charge in [-0.2, -0.15) is 0 Å². The van der Waals surface area contributed by atoms with E-state index in [1.54, 1.807) is 6.92 Å². The number of aromatic nitrogens is 2. The summed E-state index contributed by atoms with van der Waals surface area (Å²) in [4.78, 5) is 41.1. The van der Waals surface area contributed by atoms with Crippen molar-refractivity contribution in [3.8, 4) is 0 Å². The van der Waals surface area contributed by atoms with Crippen LogP contribution in [-0.2, 0) is 4.74 Å². The highest BCUT2D eigenvalue weighted by Gasteiger charge is 2.14.